The zero-order chi connectivity index (χ0) is 30.3. The molecule has 0 aliphatic carbocycles. The molecule has 0 radical (unpaired) electrons. The fourth-order valence-electron chi connectivity index (χ4n) is 5.60. The molecule has 0 spiro atoms. The Morgan fingerprint density at radius 3 is 1.49 bits per heavy atom. The van der Waals surface area contributed by atoms with Gasteiger partial charge >= 0.3 is 16.5 Å². The summed E-state index contributed by atoms with van der Waals surface area (Å²) in [5.41, 5.74) is 12.2. The van der Waals surface area contributed by atoms with Gasteiger partial charge in [0.05, 0.1) is 22.8 Å². The number of hydrogen-bond acceptors (Lipinski definition) is 6. The molecular formula is C34H30N4NiO4-2. The summed E-state index contributed by atoms with van der Waals surface area (Å²) in [5, 5.41) is 22.8. The summed E-state index contributed by atoms with van der Waals surface area (Å²) >= 11 is 0. The summed E-state index contributed by atoms with van der Waals surface area (Å²) in [6.07, 6.45) is 3.65. The van der Waals surface area contributed by atoms with Crippen LogP contribution in [0.1, 0.15) is 71.7 Å². The molecule has 5 heterocycles. The van der Waals surface area contributed by atoms with Crippen molar-refractivity contribution in [3.05, 3.63) is 94.6 Å². The third-order valence-corrected chi connectivity index (χ3v) is 8.04. The molecule has 3 aromatic heterocycles. The second-order valence-electron chi connectivity index (χ2n) is 10.5. The van der Waals surface area contributed by atoms with Gasteiger partial charge in [0.25, 0.3) is 0 Å². The Morgan fingerprint density at radius 1 is 0.674 bits per heavy atom. The van der Waals surface area contributed by atoms with Crippen LogP contribution in [0.4, 0.5) is 0 Å². The van der Waals surface area contributed by atoms with E-state index in [1.807, 2.05) is 45.9 Å². The van der Waals surface area contributed by atoms with Gasteiger partial charge in [0.15, 0.2) is 0 Å². The van der Waals surface area contributed by atoms with Gasteiger partial charge in [-0.25, -0.2) is 9.97 Å². The molecule has 0 amide bonds. The van der Waals surface area contributed by atoms with E-state index < -0.39 is 11.9 Å². The molecule has 2 aliphatic rings. The summed E-state index contributed by atoms with van der Waals surface area (Å²) < 4.78 is 0. The van der Waals surface area contributed by atoms with Crippen molar-refractivity contribution in [3.63, 3.8) is 0 Å². The van der Waals surface area contributed by atoms with Crippen LogP contribution in [0, 0.1) is 13.8 Å². The standard InChI is InChI=1S/C34H34N4O4.Ni/c1-7-21-17(3)25-13-26-19(5)23(9-11-33(39)40)31(37-26)16-32-24(10-12-34(41)42)20(6)28(38-32)15-30-22(8-2)18(4)27(36-30)14-29(21)35-25;/h7-8,13-16H,1-2,9-12H2,3-6H3,(H4,35,36,37,38,39,40,41,42);/q;+2/p-4. The van der Waals surface area contributed by atoms with Crippen LogP contribution in [0.3, 0.4) is 0 Å². The van der Waals surface area contributed by atoms with Crippen molar-refractivity contribution in [2.45, 2.75) is 53.4 Å². The first-order valence-electron chi connectivity index (χ1n) is 13.7. The predicted octanol–water partition coefficient (Wildman–Crippen LogP) is 3.79. The Bertz CT molecular complexity index is 1920. The van der Waals surface area contributed by atoms with Gasteiger partial charge in [0.2, 0.25) is 0 Å². The number of aryl methyl sites for hydroxylation is 4. The smallest absolute Gasteiger partial charge is 0.657 e. The van der Waals surface area contributed by atoms with E-state index in [2.05, 4.69) is 13.2 Å². The second-order valence-corrected chi connectivity index (χ2v) is 10.5. The van der Waals surface area contributed by atoms with Crippen LogP contribution < -0.4 is 20.2 Å². The normalized spacial score (nSPS) is 12.7. The molecule has 2 aliphatic heterocycles. The summed E-state index contributed by atoms with van der Waals surface area (Å²) in [4.78, 5) is 42.4. The number of allylic oxidation sites excluding steroid dienone is 6. The van der Waals surface area contributed by atoms with Crippen molar-refractivity contribution < 1.29 is 36.3 Å². The Labute approximate surface area is 259 Å². The summed E-state index contributed by atoms with van der Waals surface area (Å²) in [7, 11) is 0. The van der Waals surface area contributed by atoms with Gasteiger partial charge in [-0.05, 0) is 70.6 Å². The summed E-state index contributed by atoms with van der Waals surface area (Å²) in [6.45, 7) is 15.8. The van der Waals surface area contributed by atoms with E-state index >= 15 is 0 Å². The number of carbonyl (C=O) groups is 2. The Kier molecular flexibility index (Phi) is 9.07. The van der Waals surface area contributed by atoms with Gasteiger partial charge in [-0.1, -0.05) is 65.8 Å². The molecule has 0 saturated heterocycles. The summed E-state index contributed by atoms with van der Waals surface area (Å²) in [6, 6.07) is 7.52. The molecule has 8 bridgehead atoms. The number of hydrogen-bond donors (Lipinski definition) is 0. The van der Waals surface area contributed by atoms with Gasteiger partial charge in [-0.3, -0.25) is 0 Å². The number of aliphatic carboxylic acids is 2. The average molecular weight is 617 g/mol. The number of aromatic nitrogens is 4. The molecular weight excluding hydrogens is 587 g/mol. The molecule has 222 valence electrons. The van der Waals surface area contributed by atoms with E-state index in [4.69, 9.17) is 19.9 Å². The molecule has 43 heavy (non-hydrogen) atoms. The Hall–Kier alpha value is -4.49. The SMILES string of the molecule is C=CC1=C(C)c2cc3[n-]c(cc4[n-]c(cc5nc(cc1n2)C(C)=C5C=C)c(C)c4CCC(=O)[O-])c(CCC(=O)[O-])c3C.[Ni+2]. The van der Waals surface area contributed by atoms with E-state index in [0.717, 1.165) is 61.6 Å². The van der Waals surface area contributed by atoms with E-state index in [1.54, 1.807) is 18.2 Å². The third kappa shape index (κ3) is 5.90. The van der Waals surface area contributed by atoms with Crippen molar-refractivity contribution in [1.29, 1.82) is 0 Å². The quantitative estimate of drug-likeness (QED) is 0.349. The van der Waals surface area contributed by atoms with Crippen molar-refractivity contribution in [3.8, 4) is 0 Å². The van der Waals surface area contributed by atoms with Gasteiger partial charge in [0, 0.05) is 23.1 Å². The van der Waals surface area contributed by atoms with Crippen molar-refractivity contribution >= 4 is 56.3 Å². The topological polar surface area (TPSA) is 134 Å². The van der Waals surface area contributed by atoms with Crippen LogP contribution in [0.25, 0.3) is 44.4 Å². The number of carboxylic acid groups (broad SMARTS) is 2. The average Bonchev–Trinajstić information content (AvgIpc) is 3.59. The first-order valence-corrected chi connectivity index (χ1v) is 13.7. The molecule has 0 atom stereocenters. The maximum Gasteiger partial charge on any atom is 2.00 e. The van der Waals surface area contributed by atoms with Crippen molar-refractivity contribution in [1.82, 2.24) is 19.9 Å². The molecule has 0 unspecified atom stereocenters. The molecule has 0 aromatic carbocycles. The van der Waals surface area contributed by atoms with E-state index in [0.29, 0.717) is 27.8 Å². The molecule has 9 heteroatoms. The fourth-order valence-corrected chi connectivity index (χ4v) is 5.60. The minimum atomic E-state index is -1.16. The minimum absolute atomic E-state index is 0. The van der Waals surface area contributed by atoms with Crippen LogP contribution in [-0.2, 0) is 38.9 Å². The van der Waals surface area contributed by atoms with Crippen LogP contribution in [0.5, 0.6) is 0 Å². The number of rotatable bonds is 8. The Balaban J connectivity index is 0.00000423. The molecule has 0 saturated carbocycles. The van der Waals surface area contributed by atoms with E-state index in [9.17, 15) is 19.8 Å². The first-order chi connectivity index (χ1) is 20.0. The summed E-state index contributed by atoms with van der Waals surface area (Å²) in [5.74, 6) is -2.31. The predicted molar refractivity (Wildman–Crippen MR) is 160 cm³/mol. The third-order valence-electron chi connectivity index (χ3n) is 8.04. The van der Waals surface area contributed by atoms with Crippen molar-refractivity contribution in [2.75, 3.05) is 0 Å². The van der Waals surface area contributed by atoms with Crippen molar-refractivity contribution in [2.24, 2.45) is 0 Å². The maximum absolute atomic E-state index is 11.4. The van der Waals surface area contributed by atoms with Gasteiger partial charge in [0.1, 0.15) is 0 Å². The second kappa shape index (κ2) is 12.4. The number of carboxylic acids is 2. The maximum atomic E-state index is 11.4. The van der Waals surface area contributed by atoms with Gasteiger partial charge in [-0.2, -0.15) is 0 Å². The largest absolute Gasteiger partial charge is 2.00 e. The molecule has 8 nitrogen and oxygen atoms in total. The molecule has 0 fully saturated rings. The van der Waals surface area contributed by atoms with E-state index in [-0.39, 0.29) is 42.2 Å². The number of nitrogens with zero attached hydrogens (tertiary/aromatic N) is 4. The Morgan fingerprint density at radius 2 is 1.07 bits per heavy atom. The fraction of sp³-hybridized carbons (Fsp3) is 0.235. The monoisotopic (exact) mass is 616 g/mol. The van der Waals surface area contributed by atoms with Crippen LogP contribution in [-0.4, -0.2) is 21.9 Å². The molecule has 5 rings (SSSR count). The number of carbonyl (C=O) groups excluding carboxylic acids is 2. The van der Waals surface area contributed by atoms with Crippen LogP contribution in [0.15, 0.2) is 49.6 Å². The zero-order valence-electron chi connectivity index (χ0n) is 24.4. The first kappa shape index (κ1) is 31.4. The van der Waals surface area contributed by atoms with E-state index in [1.165, 1.54) is 0 Å². The van der Waals surface area contributed by atoms with Crippen LogP contribution >= 0.6 is 0 Å². The van der Waals surface area contributed by atoms with Gasteiger partial charge in [-0.15, -0.1) is 22.1 Å². The molecule has 3 aromatic rings. The number of fused-ring (bicyclic) bond motifs is 8. The van der Waals surface area contributed by atoms with Gasteiger partial charge < -0.3 is 29.8 Å². The molecule has 0 N–H and O–H groups in total. The zero-order valence-corrected chi connectivity index (χ0v) is 25.4. The van der Waals surface area contributed by atoms with Crippen LogP contribution in [0.2, 0.25) is 0 Å². The minimum Gasteiger partial charge on any atom is -0.657 e.